The zero-order valence-corrected chi connectivity index (χ0v) is 21.5. The van der Waals surface area contributed by atoms with Crippen LogP contribution in [0.1, 0.15) is 32.3 Å². The van der Waals surface area contributed by atoms with Crippen molar-refractivity contribution in [3.63, 3.8) is 0 Å². The molecule has 0 spiro atoms. The summed E-state index contributed by atoms with van der Waals surface area (Å²) in [5.74, 6) is -0.179. The largest absolute Gasteiger partial charge is 0.497 e. The Labute approximate surface area is 206 Å². The molecule has 0 aromatic heterocycles. The summed E-state index contributed by atoms with van der Waals surface area (Å²) in [6.45, 7) is 3.85. The molecule has 1 atom stereocenters. The van der Waals surface area contributed by atoms with Crippen LogP contribution >= 0.6 is 11.6 Å². The first-order valence-corrected chi connectivity index (χ1v) is 12.8. The van der Waals surface area contributed by atoms with E-state index in [1.54, 1.807) is 32.2 Å². The predicted octanol–water partition coefficient (Wildman–Crippen LogP) is 3.30. The van der Waals surface area contributed by atoms with E-state index in [2.05, 4.69) is 5.32 Å². The summed E-state index contributed by atoms with van der Waals surface area (Å²) in [7, 11) is -1.05. The van der Waals surface area contributed by atoms with Gasteiger partial charge in [0.2, 0.25) is 21.8 Å². The Bertz CT molecular complexity index is 1080. The topological polar surface area (TPSA) is 96.0 Å². The lowest BCUT2D eigenvalue weighted by Gasteiger charge is -2.30. The molecular weight excluding hydrogens is 478 g/mol. The van der Waals surface area contributed by atoms with Gasteiger partial charge in [0, 0.05) is 25.2 Å². The molecule has 2 aromatic rings. The average molecular weight is 510 g/mol. The number of amides is 2. The number of rotatable bonds is 12. The lowest BCUT2D eigenvalue weighted by molar-refractivity contribution is -0.140. The molecule has 0 radical (unpaired) electrons. The van der Waals surface area contributed by atoms with Gasteiger partial charge in [-0.15, -0.1) is 0 Å². The molecule has 1 unspecified atom stereocenters. The second kappa shape index (κ2) is 12.7. The first kappa shape index (κ1) is 27.6. The highest BCUT2D eigenvalue weighted by atomic mass is 35.5. The second-order valence-electron chi connectivity index (χ2n) is 7.91. The third-order valence-electron chi connectivity index (χ3n) is 5.36. The molecular formula is C24H32ClN3O5S. The van der Waals surface area contributed by atoms with Gasteiger partial charge in [-0.2, -0.15) is 4.31 Å². The minimum Gasteiger partial charge on any atom is -0.497 e. The number of halogens is 1. The zero-order chi connectivity index (χ0) is 25.3. The van der Waals surface area contributed by atoms with Crippen molar-refractivity contribution >= 4 is 33.4 Å². The van der Waals surface area contributed by atoms with Crippen LogP contribution < -0.4 is 10.1 Å². The number of likely N-dealkylation sites (N-methyl/N-ethyl adjacent to an activating group) is 1. The van der Waals surface area contributed by atoms with Gasteiger partial charge in [0.15, 0.2) is 0 Å². The van der Waals surface area contributed by atoms with Gasteiger partial charge in [-0.25, -0.2) is 8.42 Å². The number of carbonyl (C=O) groups excluding carboxylic acids is 2. The van der Waals surface area contributed by atoms with Crippen molar-refractivity contribution in [2.75, 3.05) is 27.2 Å². The van der Waals surface area contributed by atoms with Crippen LogP contribution in [0.5, 0.6) is 5.75 Å². The Morgan fingerprint density at radius 1 is 1.15 bits per heavy atom. The van der Waals surface area contributed by atoms with Crippen molar-refractivity contribution in [3.05, 3.63) is 59.1 Å². The Morgan fingerprint density at radius 3 is 2.44 bits per heavy atom. The zero-order valence-electron chi connectivity index (χ0n) is 20.0. The standard InChI is InChI=1S/C24H32ClN3O5S/c1-5-6-14-26-24(30)18(2)28(16-19-8-7-9-21(15-19)33-4)23(29)17-27(3)34(31,32)22-12-10-20(25)11-13-22/h7-13,15,18H,5-6,14,16-17H2,1-4H3,(H,26,30). The molecule has 0 aliphatic rings. The summed E-state index contributed by atoms with van der Waals surface area (Å²) >= 11 is 5.86. The molecule has 0 aliphatic carbocycles. The van der Waals surface area contributed by atoms with Gasteiger partial charge in [0.1, 0.15) is 11.8 Å². The normalized spacial score (nSPS) is 12.3. The van der Waals surface area contributed by atoms with E-state index in [0.29, 0.717) is 17.3 Å². The molecule has 8 nitrogen and oxygen atoms in total. The number of methoxy groups -OCH3 is 1. The summed E-state index contributed by atoms with van der Waals surface area (Å²) in [5.41, 5.74) is 0.754. The van der Waals surface area contributed by atoms with Crippen LogP contribution in [0.15, 0.2) is 53.4 Å². The van der Waals surface area contributed by atoms with Crippen LogP contribution in [0, 0.1) is 0 Å². The van der Waals surface area contributed by atoms with Crippen LogP contribution in [0.3, 0.4) is 0 Å². The maximum Gasteiger partial charge on any atom is 0.243 e. The summed E-state index contributed by atoms with van der Waals surface area (Å²) < 4.78 is 32.1. The van der Waals surface area contributed by atoms with E-state index >= 15 is 0 Å². The molecule has 0 saturated heterocycles. The Kier molecular flexibility index (Phi) is 10.3. The van der Waals surface area contributed by atoms with Gasteiger partial charge in [0.25, 0.3) is 0 Å². The molecule has 34 heavy (non-hydrogen) atoms. The van der Waals surface area contributed by atoms with Crippen LogP contribution in [0.25, 0.3) is 0 Å². The number of ether oxygens (including phenoxy) is 1. The fourth-order valence-corrected chi connectivity index (χ4v) is 4.49. The van der Waals surface area contributed by atoms with Crippen LogP contribution in [-0.2, 0) is 26.2 Å². The van der Waals surface area contributed by atoms with Gasteiger partial charge in [-0.3, -0.25) is 9.59 Å². The number of carbonyl (C=O) groups is 2. The van der Waals surface area contributed by atoms with Crippen molar-refractivity contribution < 1.29 is 22.7 Å². The smallest absolute Gasteiger partial charge is 0.243 e. The van der Waals surface area contributed by atoms with E-state index < -0.39 is 28.5 Å². The van der Waals surface area contributed by atoms with E-state index in [1.165, 1.54) is 36.2 Å². The van der Waals surface area contributed by atoms with Crippen molar-refractivity contribution in [2.45, 2.75) is 44.2 Å². The summed E-state index contributed by atoms with van der Waals surface area (Å²) in [6.07, 6.45) is 1.75. The highest BCUT2D eigenvalue weighted by molar-refractivity contribution is 7.89. The Morgan fingerprint density at radius 2 is 1.82 bits per heavy atom. The highest BCUT2D eigenvalue weighted by Crippen LogP contribution is 2.19. The van der Waals surface area contributed by atoms with E-state index in [9.17, 15) is 18.0 Å². The number of nitrogens with zero attached hydrogens (tertiary/aromatic N) is 2. The molecule has 0 bridgehead atoms. The van der Waals surface area contributed by atoms with Gasteiger partial charge >= 0.3 is 0 Å². The second-order valence-corrected chi connectivity index (χ2v) is 10.4. The van der Waals surface area contributed by atoms with Gasteiger partial charge in [-0.1, -0.05) is 37.1 Å². The molecule has 2 rings (SSSR count). The number of benzene rings is 2. The molecule has 10 heteroatoms. The number of hydrogen-bond donors (Lipinski definition) is 1. The minimum atomic E-state index is -3.92. The lowest BCUT2D eigenvalue weighted by Crippen LogP contribution is -2.50. The molecule has 0 heterocycles. The van der Waals surface area contributed by atoms with Crippen molar-refractivity contribution in [1.82, 2.24) is 14.5 Å². The number of nitrogens with one attached hydrogen (secondary N) is 1. The third kappa shape index (κ3) is 7.44. The van der Waals surface area contributed by atoms with Gasteiger partial charge in [0.05, 0.1) is 18.6 Å². The van der Waals surface area contributed by atoms with Crippen LogP contribution in [-0.4, -0.2) is 62.7 Å². The minimum absolute atomic E-state index is 0.0249. The first-order valence-electron chi connectivity index (χ1n) is 11.0. The van der Waals surface area contributed by atoms with Crippen molar-refractivity contribution in [1.29, 1.82) is 0 Å². The fourth-order valence-electron chi connectivity index (χ4n) is 3.24. The highest BCUT2D eigenvalue weighted by Gasteiger charge is 2.30. The maximum atomic E-state index is 13.3. The van der Waals surface area contributed by atoms with E-state index in [4.69, 9.17) is 16.3 Å². The monoisotopic (exact) mass is 509 g/mol. The van der Waals surface area contributed by atoms with Crippen molar-refractivity contribution in [3.8, 4) is 5.75 Å². The number of unbranched alkanes of at least 4 members (excludes halogenated alkanes) is 1. The molecule has 2 amide bonds. The summed E-state index contributed by atoms with van der Waals surface area (Å²) in [6, 6.07) is 12.1. The Hall–Kier alpha value is -2.62. The van der Waals surface area contributed by atoms with Gasteiger partial charge < -0.3 is 15.0 Å². The predicted molar refractivity (Wildman–Crippen MR) is 132 cm³/mol. The van der Waals surface area contributed by atoms with Gasteiger partial charge in [-0.05, 0) is 55.3 Å². The SMILES string of the molecule is CCCCNC(=O)C(C)N(Cc1cccc(OC)c1)C(=O)CN(C)S(=O)(=O)c1ccc(Cl)cc1. The fraction of sp³-hybridized carbons (Fsp3) is 0.417. The van der Waals surface area contributed by atoms with E-state index in [1.807, 2.05) is 13.0 Å². The Balaban J connectivity index is 2.26. The van der Waals surface area contributed by atoms with E-state index in [0.717, 1.165) is 22.7 Å². The number of hydrogen-bond acceptors (Lipinski definition) is 5. The third-order valence-corrected chi connectivity index (χ3v) is 7.43. The maximum absolute atomic E-state index is 13.3. The van der Waals surface area contributed by atoms with Crippen LogP contribution in [0.4, 0.5) is 0 Å². The molecule has 0 fully saturated rings. The molecule has 2 aromatic carbocycles. The summed E-state index contributed by atoms with van der Waals surface area (Å²) in [5, 5.41) is 3.25. The molecule has 186 valence electrons. The molecule has 1 N–H and O–H groups in total. The molecule has 0 saturated carbocycles. The van der Waals surface area contributed by atoms with Crippen LogP contribution in [0.2, 0.25) is 5.02 Å². The lowest BCUT2D eigenvalue weighted by atomic mass is 10.1. The average Bonchev–Trinajstić information content (AvgIpc) is 2.82. The first-order chi connectivity index (χ1) is 16.1. The number of sulfonamides is 1. The molecule has 0 aliphatic heterocycles. The van der Waals surface area contributed by atoms with Crippen molar-refractivity contribution in [2.24, 2.45) is 0 Å². The quantitative estimate of drug-likeness (QED) is 0.443. The van der Waals surface area contributed by atoms with E-state index in [-0.39, 0.29) is 17.3 Å². The summed E-state index contributed by atoms with van der Waals surface area (Å²) in [4.78, 5) is 27.5.